The molecule has 0 heterocycles. The molecule has 1 aromatic rings. The quantitative estimate of drug-likeness (QED) is 0.764. The van der Waals surface area contributed by atoms with Gasteiger partial charge in [-0.2, -0.15) is 0 Å². The fourth-order valence-electron chi connectivity index (χ4n) is 1.66. The normalized spacial score (nSPS) is 10.4. The highest BCUT2D eigenvalue weighted by atomic mass is 16.1. The van der Waals surface area contributed by atoms with Gasteiger partial charge in [0.25, 0.3) is 5.91 Å². The number of rotatable bonds is 2. The molecule has 0 atom stereocenters. The maximum absolute atomic E-state index is 11.5. The van der Waals surface area contributed by atoms with Crippen LogP contribution in [-0.2, 0) is 0 Å². The van der Waals surface area contributed by atoms with E-state index in [2.05, 4.69) is 25.2 Å². The molecule has 0 saturated heterocycles. The molecule has 0 aromatic heterocycles. The lowest BCUT2D eigenvalue weighted by Crippen LogP contribution is -2.19. The molecule has 0 spiro atoms. The van der Waals surface area contributed by atoms with Crippen molar-refractivity contribution in [1.29, 1.82) is 0 Å². The smallest absolute Gasteiger partial charge is 0.251 e. The zero-order valence-electron chi connectivity index (χ0n) is 9.22. The van der Waals surface area contributed by atoms with Crippen molar-refractivity contribution in [2.75, 3.05) is 7.05 Å². The standard InChI is InChI=1S/C12H17NO/c1-8(2)10-6-5-7-11(9(10)3)12(14)13-4/h5-8H,1-4H3,(H,13,14). The zero-order valence-corrected chi connectivity index (χ0v) is 9.22. The van der Waals surface area contributed by atoms with E-state index in [4.69, 9.17) is 0 Å². The molecule has 0 aliphatic rings. The fraction of sp³-hybridized carbons (Fsp3) is 0.417. The monoisotopic (exact) mass is 191 g/mol. The van der Waals surface area contributed by atoms with Crippen LogP contribution in [0.15, 0.2) is 18.2 Å². The van der Waals surface area contributed by atoms with Crippen molar-refractivity contribution in [1.82, 2.24) is 5.32 Å². The topological polar surface area (TPSA) is 29.1 Å². The third-order valence-corrected chi connectivity index (χ3v) is 2.47. The zero-order chi connectivity index (χ0) is 10.7. The Balaban J connectivity index is 3.20. The Bertz CT molecular complexity index is 342. The Morgan fingerprint density at radius 3 is 2.50 bits per heavy atom. The van der Waals surface area contributed by atoms with E-state index in [0.29, 0.717) is 5.92 Å². The van der Waals surface area contributed by atoms with Crippen LogP contribution in [0.5, 0.6) is 0 Å². The molecule has 0 aliphatic heterocycles. The van der Waals surface area contributed by atoms with Crippen molar-refractivity contribution in [3.05, 3.63) is 34.9 Å². The summed E-state index contributed by atoms with van der Waals surface area (Å²) < 4.78 is 0. The molecule has 0 aliphatic carbocycles. The number of amides is 1. The van der Waals surface area contributed by atoms with Gasteiger partial charge in [0, 0.05) is 12.6 Å². The summed E-state index contributed by atoms with van der Waals surface area (Å²) in [5.74, 6) is 0.449. The average molecular weight is 191 g/mol. The highest BCUT2D eigenvalue weighted by molar-refractivity contribution is 5.95. The Morgan fingerprint density at radius 1 is 1.36 bits per heavy atom. The molecule has 0 bridgehead atoms. The number of hydrogen-bond acceptors (Lipinski definition) is 1. The minimum Gasteiger partial charge on any atom is -0.355 e. The van der Waals surface area contributed by atoms with Crippen molar-refractivity contribution in [3.8, 4) is 0 Å². The van der Waals surface area contributed by atoms with E-state index >= 15 is 0 Å². The fourth-order valence-corrected chi connectivity index (χ4v) is 1.66. The largest absolute Gasteiger partial charge is 0.355 e. The lowest BCUT2D eigenvalue weighted by molar-refractivity contribution is 0.0962. The molecule has 0 saturated carbocycles. The van der Waals surface area contributed by atoms with Gasteiger partial charge in [-0.3, -0.25) is 4.79 Å². The Morgan fingerprint density at radius 2 is 2.00 bits per heavy atom. The van der Waals surface area contributed by atoms with Gasteiger partial charge >= 0.3 is 0 Å². The number of carbonyl (C=O) groups excluding carboxylic acids is 1. The first-order chi connectivity index (χ1) is 6.57. The second-order valence-corrected chi connectivity index (χ2v) is 3.75. The summed E-state index contributed by atoms with van der Waals surface area (Å²) in [5, 5.41) is 2.65. The molecule has 0 unspecified atom stereocenters. The molecule has 2 heteroatoms. The van der Waals surface area contributed by atoms with Crippen molar-refractivity contribution in [3.63, 3.8) is 0 Å². The summed E-state index contributed by atoms with van der Waals surface area (Å²) in [6.45, 7) is 6.27. The molecule has 1 amide bonds. The van der Waals surface area contributed by atoms with Crippen LogP contribution in [0.1, 0.15) is 41.3 Å². The summed E-state index contributed by atoms with van der Waals surface area (Å²) in [6.07, 6.45) is 0. The van der Waals surface area contributed by atoms with Crippen molar-refractivity contribution >= 4 is 5.91 Å². The van der Waals surface area contributed by atoms with Crippen LogP contribution in [0.25, 0.3) is 0 Å². The predicted octanol–water partition coefficient (Wildman–Crippen LogP) is 2.48. The molecule has 76 valence electrons. The molecule has 0 radical (unpaired) electrons. The lowest BCUT2D eigenvalue weighted by Gasteiger charge is -2.12. The average Bonchev–Trinajstić information content (AvgIpc) is 2.16. The second kappa shape index (κ2) is 4.27. The van der Waals surface area contributed by atoms with Crippen LogP contribution in [0, 0.1) is 6.92 Å². The first-order valence-corrected chi connectivity index (χ1v) is 4.89. The van der Waals surface area contributed by atoms with E-state index in [-0.39, 0.29) is 5.91 Å². The predicted molar refractivity (Wildman–Crippen MR) is 58.7 cm³/mol. The Labute approximate surface area is 85.3 Å². The van der Waals surface area contributed by atoms with Gasteiger partial charge in [-0.1, -0.05) is 26.0 Å². The highest BCUT2D eigenvalue weighted by Crippen LogP contribution is 2.21. The van der Waals surface area contributed by atoms with Gasteiger partial charge in [0.05, 0.1) is 0 Å². The van der Waals surface area contributed by atoms with Gasteiger partial charge in [0.2, 0.25) is 0 Å². The van der Waals surface area contributed by atoms with Gasteiger partial charge in [-0.15, -0.1) is 0 Å². The van der Waals surface area contributed by atoms with Crippen LogP contribution in [0.2, 0.25) is 0 Å². The van der Waals surface area contributed by atoms with E-state index in [1.165, 1.54) is 5.56 Å². The third-order valence-electron chi connectivity index (χ3n) is 2.47. The van der Waals surface area contributed by atoms with Crippen LogP contribution in [0.4, 0.5) is 0 Å². The second-order valence-electron chi connectivity index (χ2n) is 3.75. The van der Waals surface area contributed by atoms with Crippen LogP contribution in [-0.4, -0.2) is 13.0 Å². The SMILES string of the molecule is CNC(=O)c1cccc(C(C)C)c1C. The molecule has 1 rings (SSSR count). The molecule has 1 aromatic carbocycles. The first kappa shape index (κ1) is 10.8. The van der Waals surface area contributed by atoms with E-state index in [1.807, 2.05) is 19.1 Å². The summed E-state index contributed by atoms with van der Waals surface area (Å²) in [6, 6.07) is 5.87. The van der Waals surface area contributed by atoms with Gasteiger partial charge in [0.1, 0.15) is 0 Å². The van der Waals surface area contributed by atoms with E-state index in [9.17, 15) is 4.79 Å². The number of benzene rings is 1. The van der Waals surface area contributed by atoms with E-state index in [0.717, 1.165) is 11.1 Å². The van der Waals surface area contributed by atoms with Gasteiger partial charge in [-0.25, -0.2) is 0 Å². The summed E-state index contributed by atoms with van der Waals surface area (Å²) >= 11 is 0. The van der Waals surface area contributed by atoms with Crippen molar-refractivity contribution < 1.29 is 4.79 Å². The Kier molecular flexibility index (Phi) is 3.28. The van der Waals surface area contributed by atoms with Crippen molar-refractivity contribution in [2.45, 2.75) is 26.7 Å². The molecule has 1 N–H and O–H groups in total. The van der Waals surface area contributed by atoms with Crippen LogP contribution in [0.3, 0.4) is 0 Å². The summed E-state index contributed by atoms with van der Waals surface area (Å²) in [4.78, 5) is 11.5. The summed E-state index contributed by atoms with van der Waals surface area (Å²) in [7, 11) is 1.66. The third kappa shape index (κ3) is 1.95. The maximum Gasteiger partial charge on any atom is 0.251 e. The summed E-state index contributed by atoms with van der Waals surface area (Å²) in [5.41, 5.74) is 3.10. The number of hydrogen-bond donors (Lipinski definition) is 1. The van der Waals surface area contributed by atoms with E-state index in [1.54, 1.807) is 7.05 Å². The van der Waals surface area contributed by atoms with Gasteiger partial charge in [-0.05, 0) is 30.0 Å². The van der Waals surface area contributed by atoms with E-state index < -0.39 is 0 Å². The van der Waals surface area contributed by atoms with Gasteiger partial charge < -0.3 is 5.32 Å². The van der Waals surface area contributed by atoms with Crippen molar-refractivity contribution in [2.24, 2.45) is 0 Å². The number of carbonyl (C=O) groups is 1. The molecule has 0 fully saturated rings. The maximum atomic E-state index is 11.5. The molecular formula is C12H17NO. The van der Waals surface area contributed by atoms with Crippen LogP contribution < -0.4 is 5.32 Å². The van der Waals surface area contributed by atoms with Crippen LogP contribution >= 0.6 is 0 Å². The minimum atomic E-state index is -0.00926. The molecule has 14 heavy (non-hydrogen) atoms. The lowest BCUT2D eigenvalue weighted by atomic mass is 9.94. The van der Waals surface area contributed by atoms with Gasteiger partial charge in [0.15, 0.2) is 0 Å². The molecular weight excluding hydrogens is 174 g/mol. The highest BCUT2D eigenvalue weighted by Gasteiger charge is 2.11. The molecule has 2 nitrogen and oxygen atoms in total. The first-order valence-electron chi connectivity index (χ1n) is 4.89. The minimum absolute atomic E-state index is 0.00926. The Hall–Kier alpha value is -1.31. The number of nitrogens with one attached hydrogen (secondary N) is 1.